The summed E-state index contributed by atoms with van der Waals surface area (Å²) in [5.74, 6) is 0.179. The molecule has 0 aliphatic carbocycles. The van der Waals surface area contributed by atoms with Gasteiger partial charge in [0.2, 0.25) is 5.91 Å². The average molecular weight is 114 g/mol. The molecule has 0 bridgehead atoms. The van der Waals surface area contributed by atoms with E-state index in [9.17, 15) is 4.79 Å². The zero-order valence-corrected chi connectivity index (χ0v) is 4.68. The SMILES string of the molecule is NCCCC1NC1=O. The number of nitrogens with two attached hydrogens (primary N) is 1. The maximum Gasteiger partial charge on any atom is 0.243 e. The average Bonchev–Trinajstić information content (AvgIpc) is 2.42. The summed E-state index contributed by atoms with van der Waals surface area (Å²) in [7, 11) is 0. The van der Waals surface area contributed by atoms with Crippen molar-refractivity contribution in [3.8, 4) is 0 Å². The molecule has 3 N–H and O–H groups in total. The van der Waals surface area contributed by atoms with Crippen molar-refractivity contribution in [3.63, 3.8) is 0 Å². The first-order chi connectivity index (χ1) is 3.84. The summed E-state index contributed by atoms with van der Waals surface area (Å²) in [6, 6.07) is 0.151. The van der Waals surface area contributed by atoms with Gasteiger partial charge in [0.15, 0.2) is 0 Å². The summed E-state index contributed by atoms with van der Waals surface area (Å²) in [6.07, 6.45) is 1.86. The third-order valence-electron chi connectivity index (χ3n) is 1.25. The topological polar surface area (TPSA) is 65.0 Å². The van der Waals surface area contributed by atoms with E-state index in [0.29, 0.717) is 6.54 Å². The number of hydrogen-bond donors (Lipinski definition) is 2. The van der Waals surface area contributed by atoms with Crippen LogP contribution >= 0.6 is 0 Å². The quantitative estimate of drug-likeness (QED) is 0.473. The van der Waals surface area contributed by atoms with Gasteiger partial charge in [-0.2, -0.15) is 0 Å². The minimum absolute atomic E-state index is 0.151. The maximum absolute atomic E-state index is 10.2. The molecule has 1 aliphatic rings. The summed E-state index contributed by atoms with van der Waals surface area (Å²) >= 11 is 0. The Morgan fingerprint density at radius 1 is 1.75 bits per heavy atom. The number of carbonyl (C=O) groups excluding carboxylic acids is 1. The number of carbonyl (C=O) groups is 1. The van der Waals surface area contributed by atoms with Gasteiger partial charge in [-0.1, -0.05) is 0 Å². The van der Waals surface area contributed by atoms with Gasteiger partial charge in [-0.3, -0.25) is 4.79 Å². The largest absolute Gasteiger partial charge is 0.343 e. The molecule has 8 heavy (non-hydrogen) atoms. The molecule has 1 aliphatic heterocycles. The normalized spacial score (nSPS) is 25.1. The van der Waals surface area contributed by atoms with E-state index in [1.54, 1.807) is 0 Å². The maximum atomic E-state index is 10.2. The van der Waals surface area contributed by atoms with Crippen molar-refractivity contribution in [2.75, 3.05) is 6.54 Å². The number of hydrogen-bond acceptors (Lipinski definition) is 2. The lowest BCUT2D eigenvalue weighted by atomic mass is 10.2. The fourth-order valence-electron chi connectivity index (χ4n) is 0.655. The first-order valence-corrected chi connectivity index (χ1v) is 2.85. The Morgan fingerprint density at radius 2 is 2.38 bits per heavy atom. The highest BCUT2D eigenvalue weighted by atomic mass is 16.2. The third kappa shape index (κ3) is 1.20. The Kier molecular flexibility index (Phi) is 1.48. The van der Waals surface area contributed by atoms with E-state index in [0.717, 1.165) is 12.8 Å². The minimum atomic E-state index is 0.151. The number of nitrogens with one attached hydrogen (secondary N) is 1. The molecule has 1 unspecified atom stereocenters. The Morgan fingerprint density at radius 3 is 2.75 bits per heavy atom. The first kappa shape index (κ1) is 5.56. The summed E-state index contributed by atoms with van der Waals surface area (Å²) in [6.45, 7) is 0.686. The molecule has 0 aromatic carbocycles. The van der Waals surface area contributed by atoms with Crippen LogP contribution in [0.1, 0.15) is 12.8 Å². The van der Waals surface area contributed by atoms with Crippen LogP contribution in [0.15, 0.2) is 0 Å². The van der Waals surface area contributed by atoms with Crippen LogP contribution in [0, 0.1) is 0 Å². The molecule has 0 spiro atoms. The molecule has 1 fully saturated rings. The Bertz CT molecular complexity index is 103. The molecule has 1 atom stereocenters. The van der Waals surface area contributed by atoms with Crippen molar-refractivity contribution in [2.45, 2.75) is 18.9 Å². The smallest absolute Gasteiger partial charge is 0.243 e. The molecular weight excluding hydrogens is 104 g/mol. The monoisotopic (exact) mass is 114 g/mol. The van der Waals surface area contributed by atoms with Gasteiger partial charge in [-0.15, -0.1) is 0 Å². The highest BCUT2D eigenvalue weighted by Gasteiger charge is 2.31. The van der Waals surface area contributed by atoms with Crippen LogP contribution in [-0.4, -0.2) is 18.5 Å². The molecule has 0 radical (unpaired) electrons. The van der Waals surface area contributed by atoms with E-state index >= 15 is 0 Å². The molecule has 0 aromatic heterocycles. The summed E-state index contributed by atoms with van der Waals surface area (Å²) < 4.78 is 0. The molecule has 3 nitrogen and oxygen atoms in total. The fraction of sp³-hybridized carbons (Fsp3) is 0.800. The number of rotatable bonds is 3. The molecule has 3 heteroatoms. The lowest BCUT2D eigenvalue weighted by molar-refractivity contribution is -0.111. The van der Waals surface area contributed by atoms with E-state index in [2.05, 4.69) is 5.32 Å². The van der Waals surface area contributed by atoms with E-state index in [-0.39, 0.29) is 11.9 Å². The van der Waals surface area contributed by atoms with Crippen molar-refractivity contribution in [3.05, 3.63) is 0 Å². The summed E-state index contributed by atoms with van der Waals surface area (Å²) in [5, 5.41) is 2.67. The van der Waals surface area contributed by atoms with Crippen LogP contribution in [0.4, 0.5) is 0 Å². The lowest BCUT2D eigenvalue weighted by Crippen LogP contribution is -2.01. The van der Waals surface area contributed by atoms with Crippen molar-refractivity contribution < 1.29 is 4.79 Å². The van der Waals surface area contributed by atoms with Gasteiger partial charge >= 0.3 is 0 Å². The highest BCUT2D eigenvalue weighted by molar-refractivity contribution is 5.96. The first-order valence-electron chi connectivity index (χ1n) is 2.85. The van der Waals surface area contributed by atoms with Crippen LogP contribution < -0.4 is 11.1 Å². The highest BCUT2D eigenvalue weighted by Crippen LogP contribution is 2.06. The van der Waals surface area contributed by atoms with E-state index in [1.807, 2.05) is 0 Å². The standard InChI is InChI=1S/C5H10N2O/c6-3-1-2-4-5(8)7-4/h4H,1-3,6H2,(H,7,8). The second-order valence-electron chi connectivity index (χ2n) is 1.99. The molecule has 0 saturated carbocycles. The molecule has 1 amide bonds. The van der Waals surface area contributed by atoms with Crippen LogP contribution in [-0.2, 0) is 4.79 Å². The van der Waals surface area contributed by atoms with Gasteiger partial charge in [0.05, 0.1) is 0 Å². The third-order valence-corrected chi connectivity index (χ3v) is 1.25. The molecule has 1 heterocycles. The second-order valence-corrected chi connectivity index (χ2v) is 1.99. The van der Waals surface area contributed by atoms with Gasteiger partial charge in [0, 0.05) is 0 Å². The Hall–Kier alpha value is -0.570. The van der Waals surface area contributed by atoms with Crippen LogP contribution in [0.5, 0.6) is 0 Å². The van der Waals surface area contributed by atoms with Crippen molar-refractivity contribution in [1.82, 2.24) is 5.32 Å². The van der Waals surface area contributed by atoms with Crippen molar-refractivity contribution in [1.29, 1.82) is 0 Å². The number of amides is 1. The lowest BCUT2D eigenvalue weighted by Gasteiger charge is -1.86. The minimum Gasteiger partial charge on any atom is -0.343 e. The van der Waals surface area contributed by atoms with Crippen LogP contribution in [0.3, 0.4) is 0 Å². The van der Waals surface area contributed by atoms with E-state index < -0.39 is 0 Å². The van der Waals surface area contributed by atoms with Gasteiger partial charge in [0.1, 0.15) is 6.04 Å². The zero-order valence-electron chi connectivity index (χ0n) is 4.68. The van der Waals surface area contributed by atoms with Gasteiger partial charge < -0.3 is 11.1 Å². The van der Waals surface area contributed by atoms with Gasteiger partial charge in [-0.05, 0) is 19.4 Å². The van der Waals surface area contributed by atoms with Gasteiger partial charge in [0.25, 0.3) is 0 Å². The zero-order chi connectivity index (χ0) is 5.98. The molecule has 46 valence electrons. The fourth-order valence-corrected chi connectivity index (χ4v) is 0.655. The molecule has 1 rings (SSSR count). The predicted octanol–water partition coefficient (Wildman–Crippen LogP) is -0.776. The van der Waals surface area contributed by atoms with Crippen LogP contribution in [0.25, 0.3) is 0 Å². The summed E-state index contributed by atoms with van der Waals surface area (Å²) in [5.41, 5.74) is 5.21. The van der Waals surface area contributed by atoms with Crippen LogP contribution in [0.2, 0.25) is 0 Å². The Balaban J connectivity index is 1.97. The second kappa shape index (κ2) is 2.13. The van der Waals surface area contributed by atoms with Gasteiger partial charge in [-0.25, -0.2) is 0 Å². The molecule has 0 aromatic rings. The predicted molar refractivity (Wildman–Crippen MR) is 30.2 cm³/mol. The van der Waals surface area contributed by atoms with E-state index in [4.69, 9.17) is 5.73 Å². The van der Waals surface area contributed by atoms with Crippen molar-refractivity contribution in [2.24, 2.45) is 5.73 Å². The van der Waals surface area contributed by atoms with E-state index in [1.165, 1.54) is 0 Å². The summed E-state index contributed by atoms with van der Waals surface area (Å²) in [4.78, 5) is 10.2. The Labute approximate surface area is 48.2 Å². The molecular formula is C5H10N2O. The molecule has 1 saturated heterocycles. The van der Waals surface area contributed by atoms with Crippen molar-refractivity contribution >= 4 is 5.91 Å².